The van der Waals surface area contributed by atoms with Crippen LogP contribution in [0.1, 0.15) is 6.92 Å². The molecule has 0 aromatic heterocycles. The van der Waals surface area contributed by atoms with Crippen molar-refractivity contribution in [3.8, 4) is 0 Å². The first-order valence-electron chi connectivity index (χ1n) is 6.30. The Morgan fingerprint density at radius 1 is 1.05 bits per heavy atom. The summed E-state index contributed by atoms with van der Waals surface area (Å²) < 4.78 is 9.50. The molecule has 0 heterocycles. The monoisotopic (exact) mass is 295 g/mol. The lowest BCUT2D eigenvalue weighted by molar-refractivity contribution is -0.150. The van der Waals surface area contributed by atoms with Crippen molar-refractivity contribution in [1.29, 1.82) is 0 Å². The molecule has 1 aromatic rings. The molecule has 0 aliphatic heterocycles. The molecule has 0 aliphatic carbocycles. The van der Waals surface area contributed by atoms with E-state index in [1.807, 2.05) is 0 Å². The van der Waals surface area contributed by atoms with E-state index in [1.54, 1.807) is 30.3 Å². The number of esters is 2. The molecule has 0 amide bonds. The fourth-order valence-corrected chi connectivity index (χ4v) is 1.58. The third-order valence-corrected chi connectivity index (χ3v) is 2.42. The van der Waals surface area contributed by atoms with Crippen LogP contribution in [0.15, 0.2) is 30.3 Å². The topological polar surface area (TPSA) is 93.1 Å². The quantitative estimate of drug-likeness (QED) is 0.557. The summed E-state index contributed by atoms with van der Waals surface area (Å²) in [6, 6.07) is 8.69. The number of benzene rings is 1. The standard InChI is InChI=1S/C14H17NO6/c1-11(16)20-7-8-21-14(19)10-15(9-13(17)18)12-5-3-2-4-6-12/h2-6H,7-10H2,1H3,(H,17,18). The van der Waals surface area contributed by atoms with E-state index in [0.29, 0.717) is 5.69 Å². The number of aliphatic carboxylic acids is 1. The minimum atomic E-state index is -1.05. The van der Waals surface area contributed by atoms with Gasteiger partial charge in [-0.15, -0.1) is 0 Å². The zero-order valence-corrected chi connectivity index (χ0v) is 11.7. The van der Waals surface area contributed by atoms with Crippen LogP contribution in [0, 0.1) is 0 Å². The van der Waals surface area contributed by atoms with Crippen LogP contribution in [0.2, 0.25) is 0 Å². The first-order chi connectivity index (χ1) is 9.99. The van der Waals surface area contributed by atoms with Crippen LogP contribution in [-0.2, 0) is 23.9 Å². The zero-order valence-electron chi connectivity index (χ0n) is 11.7. The molecular weight excluding hydrogens is 278 g/mol. The predicted octanol–water partition coefficient (Wildman–Crippen LogP) is 0.684. The Bertz CT molecular complexity index is 487. The molecule has 21 heavy (non-hydrogen) atoms. The van der Waals surface area contributed by atoms with Gasteiger partial charge in [0.2, 0.25) is 0 Å². The van der Waals surface area contributed by atoms with Crippen molar-refractivity contribution >= 4 is 23.6 Å². The van der Waals surface area contributed by atoms with Crippen molar-refractivity contribution in [2.45, 2.75) is 6.92 Å². The van der Waals surface area contributed by atoms with E-state index in [9.17, 15) is 14.4 Å². The molecule has 7 nitrogen and oxygen atoms in total. The number of carbonyl (C=O) groups excluding carboxylic acids is 2. The third-order valence-electron chi connectivity index (χ3n) is 2.42. The fourth-order valence-electron chi connectivity index (χ4n) is 1.58. The number of anilines is 1. The lowest BCUT2D eigenvalue weighted by Crippen LogP contribution is -2.35. The van der Waals surface area contributed by atoms with Gasteiger partial charge in [0, 0.05) is 12.6 Å². The molecule has 1 rings (SSSR count). The molecule has 0 spiro atoms. The number of hydrogen-bond donors (Lipinski definition) is 1. The van der Waals surface area contributed by atoms with Crippen molar-refractivity contribution in [3.05, 3.63) is 30.3 Å². The summed E-state index contributed by atoms with van der Waals surface area (Å²) in [4.78, 5) is 34.4. The number of nitrogens with zero attached hydrogens (tertiary/aromatic N) is 1. The largest absolute Gasteiger partial charge is 0.480 e. The highest BCUT2D eigenvalue weighted by Gasteiger charge is 2.15. The molecule has 0 unspecified atom stereocenters. The van der Waals surface area contributed by atoms with E-state index >= 15 is 0 Å². The summed E-state index contributed by atoms with van der Waals surface area (Å²) in [6.07, 6.45) is 0. The van der Waals surface area contributed by atoms with Crippen LogP contribution >= 0.6 is 0 Å². The van der Waals surface area contributed by atoms with Crippen LogP contribution in [-0.4, -0.2) is 49.3 Å². The highest BCUT2D eigenvalue weighted by atomic mass is 16.6. The molecule has 0 aliphatic rings. The van der Waals surface area contributed by atoms with Crippen molar-refractivity contribution in [2.75, 3.05) is 31.2 Å². The minimum Gasteiger partial charge on any atom is -0.480 e. The van der Waals surface area contributed by atoms with E-state index in [2.05, 4.69) is 4.74 Å². The lowest BCUT2D eigenvalue weighted by atomic mass is 10.3. The number of ether oxygens (including phenoxy) is 2. The van der Waals surface area contributed by atoms with Gasteiger partial charge in [0.25, 0.3) is 0 Å². The van der Waals surface area contributed by atoms with Gasteiger partial charge in [-0.1, -0.05) is 18.2 Å². The Morgan fingerprint density at radius 3 is 2.24 bits per heavy atom. The summed E-state index contributed by atoms with van der Waals surface area (Å²) in [7, 11) is 0. The summed E-state index contributed by atoms with van der Waals surface area (Å²) >= 11 is 0. The average Bonchev–Trinajstić information content (AvgIpc) is 2.43. The minimum absolute atomic E-state index is 0.0225. The van der Waals surface area contributed by atoms with Gasteiger partial charge in [-0.25, -0.2) is 0 Å². The fraction of sp³-hybridized carbons (Fsp3) is 0.357. The number of hydrogen-bond acceptors (Lipinski definition) is 6. The molecule has 0 atom stereocenters. The molecule has 1 aromatic carbocycles. The van der Waals surface area contributed by atoms with Gasteiger partial charge in [0.15, 0.2) is 0 Å². The Balaban J connectivity index is 2.51. The maximum Gasteiger partial charge on any atom is 0.325 e. The van der Waals surface area contributed by atoms with Crippen LogP contribution < -0.4 is 4.90 Å². The second-order valence-corrected chi connectivity index (χ2v) is 4.15. The molecule has 1 N–H and O–H groups in total. The SMILES string of the molecule is CC(=O)OCCOC(=O)CN(CC(=O)O)c1ccccc1. The molecule has 7 heteroatoms. The van der Waals surface area contributed by atoms with Crippen molar-refractivity contribution < 1.29 is 29.0 Å². The highest BCUT2D eigenvalue weighted by Crippen LogP contribution is 2.12. The van der Waals surface area contributed by atoms with Gasteiger partial charge in [-0.3, -0.25) is 14.4 Å². The molecule has 0 saturated heterocycles. The summed E-state index contributed by atoms with van der Waals surface area (Å²) in [6.45, 7) is 0.657. The number of para-hydroxylation sites is 1. The molecule has 0 radical (unpaired) electrons. The van der Waals surface area contributed by atoms with Crippen LogP contribution in [0.25, 0.3) is 0 Å². The highest BCUT2D eigenvalue weighted by molar-refractivity contribution is 5.80. The Kier molecular flexibility index (Phi) is 6.73. The smallest absolute Gasteiger partial charge is 0.325 e. The second-order valence-electron chi connectivity index (χ2n) is 4.15. The average molecular weight is 295 g/mol. The Labute approximate surface area is 122 Å². The van der Waals surface area contributed by atoms with Crippen LogP contribution in [0.3, 0.4) is 0 Å². The summed E-state index contributed by atoms with van der Waals surface area (Å²) in [5, 5.41) is 8.88. The molecule has 0 fully saturated rings. The van der Waals surface area contributed by atoms with Crippen LogP contribution in [0.4, 0.5) is 5.69 Å². The maximum absolute atomic E-state index is 11.7. The predicted molar refractivity (Wildman–Crippen MR) is 73.9 cm³/mol. The zero-order chi connectivity index (χ0) is 15.7. The van der Waals surface area contributed by atoms with E-state index in [4.69, 9.17) is 9.84 Å². The molecule has 114 valence electrons. The molecule has 0 saturated carbocycles. The van der Waals surface area contributed by atoms with Gasteiger partial charge in [-0.05, 0) is 12.1 Å². The van der Waals surface area contributed by atoms with E-state index in [0.717, 1.165) is 0 Å². The lowest BCUT2D eigenvalue weighted by Gasteiger charge is -2.21. The summed E-state index contributed by atoms with van der Waals surface area (Å²) in [5.74, 6) is -2.10. The first kappa shape index (κ1) is 16.5. The second kappa shape index (κ2) is 8.57. The van der Waals surface area contributed by atoms with E-state index < -0.39 is 17.9 Å². The van der Waals surface area contributed by atoms with Crippen molar-refractivity contribution in [3.63, 3.8) is 0 Å². The Hall–Kier alpha value is -2.57. The van der Waals surface area contributed by atoms with Gasteiger partial charge in [0.05, 0.1) is 0 Å². The van der Waals surface area contributed by atoms with Crippen molar-refractivity contribution in [2.24, 2.45) is 0 Å². The van der Waals surface area contributed by atoms with E-state index in [1.165, 1.54) is 11.8 Å². The number of carboxylic acids is 1. The van der Waals surface area contributed by atoms with Gasteiger partial charge in [-0.2, -0.15) is 0 Å². The van der Waals surface area contributed by atoms with Gasteiger partial charge < -0.3 is 19.5 Å². The third kappa shape index (κ3) is 6.95. The van der Waals surface area contributed by atoms with Gasteiger partial charge in [0.1, 0.15) is 26.3 Å². The Morgan fingerprint density at radius 2 is 1.67 bits per heavy atom. The first-order valence-corrected chi connectivity index (χ1v) is 6.30. The van der Waals surface area contributed by atoms with Crippen LogP contribution in [0.5, 0.6) is 0 Å². The number of rotatable bonds is 8. The summed E-state index contributed by atoms with van der Waals surface area (Å²) in [5.41, 5.74) is 0.608. The molecular formula is C14H17NO6. The van der Waals surface area contributed by atoms with Crippen molar-refractivity contribution in [1.82, 2.24) is 0 Å². The maximum atomic E-state index is 11.7. The normalized spacial score (nSPS) is 9.76. The molecule has 0 bridgehead atoms. The van der Waals surface area contributed by atoms with Gasteiger partial charge >= 0.3 is 17.9 Å². The number of carboxylic acid groups (broad SMARTS) is 1. The number of carbonyl (C=O) groups is 3. The van der Waals surface area contributed by atoms with E-state index in [-0.39, 0.29) is 26.3 Å².